The minimum absolute atomic E-state index is 0.198. The first-order valence-corrected chi connectivity index (χ1v) is 7.16. The number of pyridine rings is 1. The number of rotatable bonds is 1. The Bertz CT molecular complexity index is 691. The van der Waals surface area contributed by atoms with Crippen LogP contribution in [0.25, 0.3) is 11.3 Å². The molecule has 1 aliphatic rings. The lowest BCUT2D eigenvalue weighted by atomic mass is 9.75. The number of carbonyl (C=O) groups excluding carboxylic acids is 1. The highest BCUT2D eigenvalue weighted by Crippen LogP contribution is 2.35. The van der Waals surface area contributed by atoms with Gasteiger partial charge in [-0.05, 0) is 37.1 Å². The van der Waals surface area contributed by atoms with Crippen molar-refractivity contribution in [1.82, 2.24) is 4.98 Å². The molecule has 0 spiro atoms. The van der Waals surface area contributed by atoms with E-state index in [0.29, 0.717) is 5.02 Å². The molecule has 2 aromatic rings. The van der Waals surface area contributed by atoms with Gasteiger partial charge >= 0.3 is 0 Å². The lowest BCUT2D eigenvalue weighted by molar-refractivity contribution is 0.0809. The van der Waals surface area contributed by atoms with Crippen molar-refractivity contribution in [2.45, 2.75) is 26.7 Å². The third-order valence-electron chi connectivity index (χ3n) is 3.94. The molecule has 1 heterocycles. The maximum atomic E-state index is 12.4. The molecule has 3 heteroatoms. The normalized spacial score (nSPS) is 16.9. The van der Waals surface area contributed by atoms with Gasteiger partial charge in [-0.15, -0.1) is 0 Å². The van der Waals surface area contributed by atoms with Crippen molar-refractivity contribution in [3.8, 4) is 11.3 Å². The van der Waals surface area contributed by atoms with E-state index < -0.39 is 0 Å². The molecule has 2 nitrogen and oxygen atoms in total. The minimum atomic E-state index is -0.272. The molecule has 0 amide bonds. The molecule has 102 valence electrons. The number of fused-ring (bicyclic) bond motifs is 1. The Balaban J connectivity index is 2.05. The third kappa shape index (κ3) is 2.25. The van der Waals surface area contributed by atoms with Gasteiger partial charge in [-0.25, -0.2) is 0 Å². The monoisotopic (exact) mass is 285 g/mol. The molecule has 0 bridgehead atoms. The summed E-state index contributed by atoms with van der Waals surface area (Å²) in [4.78, 5) is 17.0. The summed E-state index contributed by atoms with van der Waals surface area (Å²) in [7, 11) is 0. The molecule has 1 aromatic heterocycles. The molecule has 0 saturated heterocycles. The van der Waals surface area contributed by atoms with Gasteiger partial charge in [-0.1, -0.05) is 37.6 Å². The number of hydrogen-bond donors (Lipinski definition) is 0. The highest BCUT2D eigenvalue weighted by atomic mass is 35.5. The molecule has 0 atom stereocenters. The minimum Gasteiger partial charge on any atom is -0.294 e. The van der Waals surface area contributed by atoms with Crippen molar-refractivity contribution >= 4 is 17.4 Å². The summed E-state index contributed by atoms with van der Waals surface area (Å²) in [5.74, 6) is 0.198. The van der Waals surface area contributed by atoms with Gasteiger partial charge in [-0.3, -0.25) is 9.78 Å². The molecule has 0 N–H and O–H groups in total. The van der Waals surface area contributed by atoms with Crippen molar-refractivity contribution in [2.24, 2.45) is 5.41 Å². The number of Topliss-reactive ketones (excluding diaryl/α,β-unsaturated/α-hetero) is 1. The smallest absolute Gasteiger partial charge is 0.170 e. The van der Waals surface area contributed by atoms with E-state index >= 15 is 0 Å². The second kappa shape index (κ2) is 4.71. The quantitative estimate of drug-likeness (QED) is 0.769. The number of benzene rings is 1. The zero-order valence-corrected chi connectivity index (χ0v) is 12.4. The number of halogens is 1. The number of aromatic nitrogens is 1. The zero-order valence-electron chi connectivity index (χ0n) is 11.6. The topological polar surface area (TPSA) is 30.0 Å². The zero-order chi connectivity index (χ0) is 14.3. The average Bonchev–Trinajstić information content (AvgIpc) is 2.43. The molecule has 1 aromatic carbocycles. The van der Waals surface area contributed by atoms with Crippen molar-refractivity contribution in [3.05, 3.63) is 52.7 Å². The number of ketones is 1. The molecular weight excluding hydrogens is 270 g/mol. The molecule has 3 rings (SSSR count). The van der Waals surface area contributed by atoms with Gasteiger partial charge in [0, 0.05) is 21.6 Å². The van der Waals surface area contributed by atoms with E-state index in [1.54, 1.807) is 0 Å². The van der Waals surface area contributed by atoms with E-state index in [2.05, 4.69) is 4.98 Å². The van der Waals surface area contributed by atoms with E-state index in [-0.39, 0.29) is 11.2 Å². The summed E-state index contributed by atoms with van der Waals surface area (Å²) in [5.41, 5.74) is 3.27. The Labute approximate surface area is 123 Å². The van der Waals surface area contributed by atoms with Crippen LogP contribution in [0.1, 0.15) is 36.3 Å². The predicted molar refractivity (Wildman–Crippen MR) is 81.1 cm³/mol. The first-order valence-electron chi connectivity index (χ1n) is 6.78. The van der Waals surface area contributed by atoms with Crippen LogP contribution in [0.2, 0.25) is 5.02 Å². The first-order chi connectivity index (χ1) is 9.47. The van der Waals surface area contributed by atoms with Crippen LogP contribution >= 0.6 is 11.6 Å². The summed E-state index contributed by atoms with van der Waals surface area (Å²) in [6, 6.07) is 11.4. The van der Waals surface area contributed by atoms with Gasteiger partial charge in [0.2, 0.25) is 0 Å². The van der Waals surface area contributed by atoms with Crippen molar-refractivity contribution in [2.75, 3.05) is 0 Å². The van der Waals surface area contributed by atoms with Gasteiger partial charge in [-0.2, -0.15) is 0 Å². The highest BCUT2D eigenvalue weighted by molar-refractivity contribution is 6.30. The Kier molecular flexibility index (Phi) is 3.14. The Hall–Kier alpha value is -1.67. The summed E-state index contributed by atoms with van der Waals surface area (Å²) in [6.45, 7) is 4.01. The maximum Gasteiger partial charge on any atom is 0.170 e. The van der Waals surface area contributed by atoms with Gasteiger partial charge in [0.15, 0.2) is 5.78 Å². The second-order valence-corrected chi connectivity index (χ2v) is 6.35. The van der Waals surface area contributed by atoms with Crippen LogP contribution in [0, 0.1) is 5.41 Å². The number of hydrogen-bond acceptors (Lipinski definition) is 2. The van der Waals surface area contributed by atoms with Crippen LogP contribution in [-0.2, 0) is 6.42 Å². The highest BCUT2D eigenvalue weighted by Gasteiger charge is 2.34. The lowest BCUT2D eigenvalue weighted by Crippen LogP contribution is -2.31. The molecule has 20 heavy (non-hydrogen) atoms. The Morgan fingerprint density at radius 3 is 2.75 bits per heavy atom. The summed E-state index contributed by atoms with van der Waals surface area (Å²) in [6.07, 6.45) is 1.70. The SMILES string of the molecule is CC1(C)CCc2nc(-c3cccc(Cl)c3)ccc2C1=O. The van der Waals surface area contributed by atoms with Gasteiger partial charge in [0.25, 0.3) is 0 Å². The largest absolute Gasteiger partial charge is 0.294 e. The summed E-state index contributed by atoms with van der Waals surface area (Å²) < 4.78 is 0. The lowest BCUT2D eigenvalue weighted by Gasteiger charge is -2.29. The van der Waals surface area contributed by atoms with Gasteiger partial charge < -0.3 is 0 Å². The number of carbonyl (C=O) groups is 1. The van der Waals surface area contributed by atoms with Crippen LogP contribution in [0.3, 0.4) is 0 Å². The van der Waals surface area contributed by atoms with Crippen LogP contribution in [0.15, 0.2) is 36.4 Å². The van der Waals surface area contributed by atoms with Crippen molar-refractivity contribution < 1.29 is 4.79 Å². The maximum absolute atomic E-state index is 12.4. The van der Waals surface area contributed by atoms with Gasteiger partial charge in [0.05, 0.1) is 11.4 Å². The van der Waals surface area contributed by atoms with Crippen LogP contribution < -0.4 is 0 Å². The molecular formula is C17H16ClNO. The fourth-order valence-corrected chi connectivity index (χ4v) is 2.81. The van der Waals surface area contributed by atoms with E-state index in [1.807, 2.05) is 50.2 Å². The Morgan fingerprint density at radius 2 is 2.00 bits per heavy atom. The third-order valence-corrected chi connectivity index (χ3v) is 4.18. The summed E-state index contributed by atoms with van der Waals surface area (Å²) in [5, 5.41) is 0.694. The standard InChI is InChI=1S/C17H16ClNO/c1-17(2)9-8-15-13(16(17)20)6-7-14(19-15)11-4-3-5-12(18)10-11/h3-7,10H,8-9H2,1-2H3. The fourth-order valence-electron chi connectivity index (χ4n) is 2.62. The molecule has 0 radical (unpaired) electrons. The molecule has 0 unspecified atom stereocenters. The molecule has 0 saturated carbocycles. The average molecular weight is 286 g/mol. The second-order valence-electron chi connectivity index (χ2n) is 5.91. The Morgan fingerprint density at radius 1 is 1.20 bits per heavy atom. The van der Waals surface area contributed by atoms with Crippen LogP contribution in [0.4, 0.5) is 0 Å². The van der Waals surface area contributed by atoms with E-state index in [0.717, 1.165) is 35.4 Å². The first kappa shape index (κ1) is 13.3. The molecule has 1 aliphatic carbocycles. The summed E-state index contributed by atoms with van der Waals surface area (Å²) >= 11 is 6.02. The molecule has 0 fully saturated rings. The van der Waals surface area contributed by atoms with Crippen molar-refractivity contribution in [3.63, 3.8) is 0 Å². The number of nitrogens with zero attached hydrogens (tertiary/aromatic N) is 1. The fraction of sp³-hybridized carbons (Fsp3) is 0.294. The van der Waals surface area contributed by atoms with E-state index in [4.69, 9.17) is 11.6 Å². The molecule has 0 aliphatic heterocycles. The van der Waals surface area contributed by atoms with Crippen LogP contribution in [0.5, 0.6) is 0 Å². The van der Waals surface area contributed by atoms with Crippen LogP contribution in [-0.4, -0.2) is 10.8 Å². The predicted octanol–water partition coefficient (Wildman–Crippen LogP) is 4.56. The van der Waals surface area contributed by atoms with E-state index in [1.165, 1.54) is 0 Å². The van der Waals surface area contributed by atoms with E-state index in [9.17, 15) is 4.79 Å². The van der Waals surface area contributed by atoms with Gasteiger partial charge in [0.1, 0.15) is 0 Å². The number of aryl methyl sites for hydroxylation is 1. The van der Waals surface area contributed by atoms with Crippen molar-refractivity contribution in [1.29, 1.82) is 0 Å².